The molecule has 10 heavy (non-hydrogen) atoms. The Balaban J connectivity index is 0.000000810. The molecule has 1 rings (SSSR count). The Bertz CT molecular complexity index is 167. The van der Waals surface area contributed by atoms with Crippen LogP contribution in [0.5, 0.6) is 0 Å². The molecule has 0 aromatic heterocycles. The second-order valence-electron chi connectivity index (χ2n) is 1.75. The standard InChI is InChI=1S/C7H9NSi.H2O/c8-6-9-7-4-2-1-3-5-7;/h1-5H,6,8H2;1H2. The molecular weight excluding hydrogens is 142 g/mol. The SMILES string of the molecule is NC[Si]c1ccccc1.O. The Hall–Kier alpha value is -0.643. The van der Waals surface area contributed by atoms with Crippen molar-refractivity contribution in [3.8, 4) is 0 Å². The van der Waals surface area contributed by atoms with Crippen LogP contribution in [0.2, 0.25) is 0 Å². The minimum atomic E-state index is 0. The summed E-state index contributed by atoms with van der Waals surface area (Å²) in [7, 11) is 0.765. The minimum Gasteiger partial charge on any atom is -0.412 e. The van der Waals surface area contributed by atoms with Crippen molar-refractivity contribution in [3.05, 3.63) is 30.3 Å². The van der Waals surface area contributed by atoms with Crippen molar-refractivity contribution in [2.75, 3.05) is 6.17 Å². The average molecular weight is 153 g/mol. The number of nitrogens with two attached hydrogens (primary N) is 1. The lowest BCUT2D eigenvalue weighted by atomic mass is 10.4. The quantitative estimate of drug-likeness (QED) is 0.550. The predicted octanol–water partition coefficient (Wildman–Crippen LogP) is -0.892. The zero-order valence-electron chi connectivity index (χ0n) is 5.67. The third-order valence-corrected chi connectivity index (χ3v) is 2.03. The van der Waals surface area contributed by atoms with Gasteiger partial charge in [0, 0.05) is 0 Å². The van der Waals surface area contributed by atoms with Gasteiger partial charge in [-0.1, -0.05) is 35.5 Å². The summed E-state index contributed by atoms with van der Waals surface area (Å²) in [5, 5.41) is 1.35. The molecule has 1 aromatic carbocycles. The van der Waals surface area contributed by atoms with Crippen molar-refractivity contribution in [2.24, 2.45) is 5.73 Å². The summed E-state index contributed by atoms with van der Waals surface area (Å²) < 4.78 is 0. The number of hydrogen-bond donors (Lipinski definition) is 1. The van der Waals surface area contributed by atoms with Crippen LogP contribution in [0, 0.1) is 0 Å². The molecule has 4 N–H and O–H groups in total. The topological polar surface area (TPSA) is 57.5 Å². The van der Waals surface area contributed by atoms with Gasteiger partial charge in [0.05, 0.1) is 9.52 Å². The molecule has 2 nitrogen and oxygen atoms in total. The fourth-order valence-corrected chi connectivity index (χ4v) is 1.34. The van der Waals surface area contributed by atoms with E-state index < -0.39 is 0 Å². The summed E-state index contributed by atoms with van der Waals surface area (Å²) in [6.45, 7) is 0. The molecule has 3 heteroatoms. The Morgan fingerprint density at radius 3 is 2.30 bits per heavy atom. The Morgan fingerprint density at radius 1 is 1.20 bits per heavy atom. The lowest BCUT2D eigenvalue weighted by Gasteiger charge is -1.92. The predicted molar refractivity (Wildman–Crippen MR) is 44.5 cm³/mol. The van der Waals surface area contributed by atoms with Crippen LogP contribution in [0.15, 0.2) is 30.3 Å². The molecule has 0 saturated carbocycles. The van der Waals surface area contributed by atoms with E-state index in [1.807, 2.05) is 18.2 Å². The molecule has 0 amide bonds. The van der Waals surface area contributed by atoms with E-state index in [1.165, 1.54) is 5.19 Å². The molecule has 0 atom stereocenters. The van der Waals surface area contributed by atoms with Gasteiger partial charge < -0.3 is 11.2 Å². The fourth-order valence-electron chi connectivity index (χ4n) is 0.674. The van der Waals surface area contributed by atoms with Gasteiger partial charge in [-0.2, -0.15) is 0 Å². The van der Waals surface area contributed by atoms with Crippen molar-refractivity contribution >= 4 is 14.7 Å². The number of hydrogen-bond acceptors (Lipinski definition) is 1. The van der Waals surface area contributed by atoms with Crippen LogP contribution in [0.1, 0.15) is 0 Å². The molecule has 0 saturated heterocycles. The molecule has 0 fully saturated rings. The van der Waals surface area contributed by atoms with E-state index in [9.17, 15) is 0 Å². The molecule has 0 heterocycles. The molecule has 0 unspecified atom stereocenters. The van der Waals surface area contributed by atoms with Crippen LogP contribution in [0.25, 0.3) is 0 Å². The lowest BCUT2D eigenvalue weighted by Crippen LogP contribution is -2.22. The highest BCUT2D eigenvalue weighted by atomic mass is 28.2. The van der Waals surface area contributed by atoms with E-state index in [4.69, 9.17) is 5.73 Å². The smallest absolute Gasteiger partial charge is 0.0973 e. The van der Waals surface area contributed by atoms with Gasteiger partial charge in [0.1, 0.15) is 0 Å². The largest absolute Gasteiger partial charge is 0.412 e. The first-order valence-electron chi connectivity index (χ1n) is 2.92. The Morgan fingerprint density at radius 2 is 1.80 bits per heavy atom. The molecule has 0 aliphatic rings. The molecule has 0 bridgehead atoms. The van der Waals surface area contributed by atoms with Gasteiger partial charge in [-0.15, -0.1) is 0 Å². The molecule has 1 aromatic rings. The van der Waals surface area contributed by atoms with E-state index in [1.54, 1.807) is 0 Å². The van der Waals surface area contributed by atoms with E-state index in [-0.39, 0.29) is 5.48 Å². The van der Waals surface area contributed by atoms with E-state index >= 15 is 0 Å². The van der Waals surface area contributed by atoms with Gasteiger partial charge in [-0.3, -0.25) is 0 Å². The van der Waals surface area contributed by atoms with Crippen LogP contribution in [0.4, 0.5) is 0 Å². The normalized spacial score (nSPS) is 8.50. The van der Waals surface area contributed by atoms with Gasteiger partial charge >= 0.3 is 0 Å². The average Bonchev–Trinajstić information content (AvgIpc) is 1.91. The fraction of sp³-hybridized carbons (Fsp3) is 0.143. The maximum absolute atomic E-state index is 5.37. The molecule has 0 spiro atoms. The minimum absolute atomic E-state index is 0. The first kappa shape index (κ1) is 9.36. The summed E-state index contributed by atoms with van der Waals surface area (Å²) in [6.07, 6.45) is 0.768. The van der Waals surface area contributed by atoms with E-state index in [2.05, 4.69) is 12.1 Å². The van der Waals surface area contributed by atoms with Crippen molar-refractivity contribution in [3.63, 3.8) is 0 Å². The van der Waals surface area contributed by atoms with Crippen LogP contribution >= 0.6 is 0 Å². The third-order valence-electron chi connectivity index (χ3n) is 1.08. The maximum atomic E-state index is 5.37. The van der Waals surface area contributed by atoms with E-state index in [0.717, 1.165) is 15.7 Å². The van der Waals surface area contributed by atoms with Gasteiger partial charge in [-0.25, -0.2) is 0 Å². The Labute approximate surface area is 63.2 Å². The third kappa shape index (κ3) is 2.77. The molecular formula is C7H11NOSi. The van der Waals surface area contributed by atoms with E-state index in [0.29, 0.717) is 0 Å². The van der Waals surface area contributed by atoms with Crippen LogP contribution in [-0.2, 0) is 0 Å². The monoisotopic (exact) mass is 153 g/mol. The van der Waals surface area contributed by atoms with Crippen molar-refractivity contribution < 1.29 is 5.48 Å². The van der Waals surface area contributed by atoms with Crippen molar-refractivity contribution in [1.82, 2.24) is 0 Å². The van der Waals surface area contributed by atoms with Gasteiger partial charge in [0.2, 0.25) is 0 Å². The van der Waals surface area contributed by atoms with Crippen molar-refractivity contribution in [1.29, 1.82) is 0 Å². The second-order valence-corrected chi connectivity index (χ2v) is 3.09. The van der Waals surface area contributed by atoms with Gasteiger partial charge in [0.25, 0.3) is 0 Å². The van der Waals surface area contributed by atoms with Gasteiger partial charge in [0.15, 0.2) is 0 Å². The van der Waals surface area contributed by atoms with Crippen LogP contribution in [-0.4, -0.2) is 21.2 Å². The summed E-state index contributed by atoms with van der Waals surface area (Å²) >= 11 is 0. The lowest BCUT2D eigenvalue weighted by molar-refractivity contribution is 0.824. The maximum Gasteiger partial charge on any atom is 0.0973 e. The highest BCUT2D eigenvalue weighted by Crippen LogP contribution is 1.79. The summed E-state index contributed by atoms with van der Waals surface area (Å²) in [5.41, 5.74) is 5.37. The van der Waals surface area contributed by atoms with Gasteiger partial charge in [-0.05, 0) is 6.17 Å². The number of rotatable bonds is 2. The summed E-state index contributed by atoms with van der Waals surface area (Å²) in [6, 6.07) is 10.3. The zero-order chi connectivity index (χ0) is 6.53. The summed E-state index contributed by atoms with van der Waals surface area (Å²) in [5.74, 6) is 0. The highest BCUT2D eigenvalue weighted by molar-refractivity contribution is 6.53. The van der Waals surface area contributed by atoms with Crippen molar-refractivity contribution in [2.45, 2.75) is 0 Å². The molecule has 2 radical (unpaired) electrons. The first-order valence-corrected chi connectivity index (χ1v) is 4.13. The first-order chi connectivity index (χ1) is 4.43. The molecule has 0 aliphatic heterocycles. The zero-order valence-corrected chi connectivity index (χ0v) is 6.67. The Kier molecular flexibility index (Phi) is 4.83. The van der Waals surface area contributed by atoms with Crippen LogP contribution in [0.3, 0.4) is 0 Å². The highest BCUT2D eigenvalue weighted by Gasteiger charge is 1.86. The van der Waals surface area contributed by atoms with Crippen LogP contribution < -0.4 is 10.9 Å². The second kappa shape index (κ2) is 5.17. The number of benzene rings is 1. The molecule has 54 valence electrons. The summed E-state index contributed by atoms with van der Waals surface area (Å²) in [4.78, 5) is 0. The molecule has 0 aliphatic carbocycles.